The SMILES string of the molecule is C#CCCCC(NCC)c1cc(Br)c(Br)s1. The van der Waals surface area contributed by atoms with Crippen molar-refractivity contribution in [1.29, 1.82) is 0 Å². The normalized spacial score (nSPS) is 12.4. The summed E-state index contributed by atoms with van der Waals surface area (Å²) < 4.78 is 2.29. The minimum absolute atomic E-state index is 0.422. The van der Waals surface area contributed by atoms with Gasteiger partial charge in [-0.25, -0.2) is 0 Å². The van der Waals surface area contributed by atoms with Crippen LogP contribution in [0.1, 0.15) is 37.1 Å². The Morgan fingerprint density at radius 3 is 2.81 bits per heavy atom. The van der Waals surface area contributed by atoms with E-state index >= 15 is 0 Å². The first-order chi connectivity index (χ1) is 7.69. The van der Waals surface area contributed by atoms with Crippen LogP contribution in [0.3, 0.4) is 0 Å². The standard InChI is InChI=1S/C12H15Br2NS/c1-3-5-6-7-10(15-4-2)11-8-9(13)12(14)16-11/h1,8,10,15H,4-7H2,2H3. The van der Waals surface area contributed by atoms with E-state index in [1.807, 2.05) is 0 Å². The Morgan fingerprint density at radius 1 is 1.56 bits per heavy atom. The molecule has 4 heteroatoms. The maximum Gasteiger partial charge on any atom is 0.0843 e. The number of terminal acetylenes is 1. The molecule has 0 amide bonds. The van der Waals surface area contributed by atoms with Gasteiger partial charge in [-0.15, -0.1) is 23.7 Å². The summed E-state index contributed by atoms with van der Waals surface area (Å²) in [5.41, 5.74) is 0. The molecule has 1 aromatic heterocycles. The van der Waals surface area contributed by atoms with Crippen molar-refractivity contribution in [2.24, 2.45) is 0 Å². The summed E-state index contributed by atoms with van der Waals surface area (Å²) in [7, 11) is 0. The molecular weight excluding hydrogens is 350 g/mol. The van der Waals surface area contributed by atoms with Crippen LogP contribution in [0.25, 0.3) is 0 Å². The fourth-order valence-electron chi connectivity index (χ4n) is 1.53. The summed E-state index contributed by atoms with van der Waals surface area (Å²) in [5.74, 6) is 2.69. The molecule has 88 valence electrons. The highest BCUT2D eigenvalue weighted by molar-refractivity contribution is 9.13. The van der Waals surface area contributed by atoms with Crippen molar-refractivity contribution in [3.8, 4) is 12.3 Å². The molecular formula is C12H15Br2NS. The van der Waals surface area contributed by atoms with Gasteiger partial charge in [-0.05, 0) is 57.3 Å². The largest absolute Gasteiger partial charge is 0.310 e. The third-order valence-electron chi connectivity index (χ3n) is 2.27. The second-order valence-electron chi connectivity index (χ2n) is 3.48. The molecule has 0 saturated heterocycles. The van der Waals surface area contributed by atoms with Crippen molar-refractivity contribution >= 4 is 43.2 Å². The van der Waals surface area contributed by atoms with E-state index in [1.54, 1.807) is 11.3 Å². The van der Waals surface area contributed by atoms with E-state index in [1.165, 1.54) is 4.88 Å². The molecule has 0 aliphatic heterocycles. The highest BCUT2D eigenvalue weighted by Gasteiger charge is 2.14. The zero-order chi connectivity index (χ0) is 12.0. The van der Waals surface area contributed by atoms with Crippen LogP contribution in [0.15, 0.2) is 14.3 Å². The Kier molecular flexibility index (Phi) is 6.67. The van der Waals surface area contributed by atoms with Crippen molar-refractivity contribution in [2.45, 2.75) is 32.2 Å². The third-order valence-corrected chi connectivity index (χ3v) is 5.64. The first kappa shape index (κ1) is 14.2. The van der Waals surface area contributed by atoms with Crippen LogP contribution in [0, 0.1) is 12.3 Å². The number of halogens is 2. The first-order valence-electron chi connectivity index (χ1n) is 5.30. The first-order valence-corrected chi connectivity index (χ1v) is 7.70. The maximum atomic E-state index is 5.27. The van der Waals surface area contributed by atoms with Crippen LogP contribution in [0.5, 0.6) is 0 Å². The molecule has 1 heterocycles. The monoisotopic (exact) mass is 363 g/mol. The molecule has 16 heavy (non-hydrogen) atoms. The molecule has 1 nitrogen and oxygen atoms in total. The molecule has 0 aliphatic rings. The number of hydrogen-bond donors (Lipinski definition) is 1. The summed E-state index contributed by atoms with van der Waals surface area (Å²) in [6.07, 6.45) is 8.29. The fraction of sp³-hybridized carbons (Fsp3) is 0.500. The van der Waals surface area contributed by atoms with Crippen LogP contribution < -0.4 is 5.32 Å². The molecule has 0 bridgehead atoms. The van der Waals surface area contributed by atoms with Crippen molar-refractivity contribution in [2.75, 3.05) is 6.54 Å². The molecule has 1 N–H and O–H groups in total. The van der Waals surface area contributed by atoms with Gasteiger partial charge < -0.3 is 5.32 Å². The molecule has 1 rings (SSSR count). The fourth-order valence-corrected chi connectivity index (χ4v) is 3.73. The van der Waals surface area contributed by atoms with Gasteiger partial charge >= 0.3 is 0 Å². The van der Waals surface area contributed by atoms with Gasteiger partial charge in [0.25, 0.3) is 0 Å². The lowest BCUT2D eigenvalue weighted by atomic mass is 10.1. The van der Waals surface area contributed by atoms with E-state index in [4.69, 9.17) is 6.42 Å². The van der Waals surface area contributed by atoms with Gasteiger partial charge in [0, 0.05) is 21.8 Å². The molecule has 0 spiro atoms. The molecule has 1 unspecified atom stereocenters. The van der Waals surface area contributed by atoms with Crippen LogP contribution in [0.4, 0.5) is 0 Å². The van der Waals surface area contributed by atoms with E-state index in [9.17, 15) is 0 Å². The molecule has 0 saturated carbocycles. The van der Waals surface area contributed by atoms with E-state index in [-0.39, 0.29) is 0 Å². The smallest absolute Gasteiger partial charge is 0.0843 e. The third kappa shape index (κ3) is 4.21. The van der Waals surface area contributed by atoms with Crippen LogP contribution >= 0.6 is 43.2 Å². The number of rotatable bonds is 6. The lowest BCUT2D eigenvalue weighted by molar-refractivity contribution is 0.509. The summed E-state index contributed by atoms with van der Waals surface area (Å²) in [5, 5.41) is 3.50. The van der Waals surface area contributed by atoms with Gasteiger partial charge in [-0.3, -0.25) is 0 Å². The summed E-state index contributed by atoms with van der Waals surface area (Å²) in [6, 6.07) is 2.60. The summed E-state index contributed by atoms with van der Waals surface area (Å²) in [6.45, 7) is 3.11. The van der Waals surface area contributed by atoms with Gasteiger partial charge in [-0.2, -0.15) is 0 Å². The average Bonchev–Trinajstić information content (AvgIpc) is 2.58. The van der Waals surface area contributed by atoms with Crippen LogP contribution in [-0.4, -0.2) is 6.54 Å². The van der Waals surface area contributed by atoms with E-state index < -0.39 is 0 Å². The Labute approximate surface area is 118 Å². The second kappa shape index (κ2) is 7.50. The van der Waals surface area contributed by atoms with Gasteiger partial charge in [0.05, 0.1) is 3.79 Å². The Bertz CT molecular complexity index is 348. The van der Waals surface area contributed by atoms with Crippen LogP contribution in [-0.2, 0) is 0 Å². The minimum atomic E-state index is 0.422. The quantitative estimate of drug-likeness (QED) is 0.568. The van der Waals surface area contributed by atoms with Gasteiger partial charge in [0.1, 0.15) is 0 Å². The Morgan fingerprint density at radius 2 is 2.31 bits per heavy atom. The maximum absolute atomic E-state index is 5.27. The van der Waals surface area contributed by atoms with Gasteiger partial charge in [-0.1, -0.05) is 6.92 Å². The zero-order valence-corrected chi connectivity index (χ0v) is 13.2. The van der Waals surface area contributed by atoms with Gasteiger partial charge in [0.2, 0.25) is 0 Å². The van der Waals surface area contributed by atoms with Crippen molar-refractivity contribution in [3.63, 3.8) is 0 Å². The zero-order valence-electron chi connectivity index (χ0n) is 9.22. The molecule has 0 aliphatic carbocycles. The Hall–Kier alpha value is 0.180. The number of thiophene rings is 1. The molecule has 0 radical (unpaired) electrons. The molecule has 0 aromatic carbocycles. The van der Waals surface area contributed by atoms with E-state index in [0.29, 0.717) is 6.04 Å². The highest BCUT2D eigenvalue weighted by Crippen LogP contribution is 2.36. The molecule has 0 fully saturated rings. The van der Waals surface area contributed by atoms with Crippen molar-refractivity contribution < 1.29 is 0 Å². The highest BCUT2D eigenvalue weighted by atomic mass is 79.9. The number of unbranched alkanes of at least 4 members (excludes halogenated alkanes) is 1. The predicted octanol–water partition coefficient (Wildman–Crippen LogP) is 4.73. The van der Waals surface area contributed by atoms with E-state index in [2.05, 4.69) is 56.1 Å². The van der Waals surface area contributed by atoms with Crippen molar-refractivity contribution in [3.05, 3.63) is 19.2 Å². The molecule has 1 aromatic rings. The lowest BCUT2D eigenvalue weighted by Crippen LogP contribution is -2.19. The predicted molar refractivity (Wildman–Crippen MR) is 78.8 cm³/mol. The van der Waals surface area contributed by atoms with Crippen LogP contribution in [0.2, 0.25) is 0 Å². The summed E-state index contributed by atoms with van der Waals surface area (Å²) >= 11 is 8.83. The minimum Gasteiger partial charge on any atom is -0.310 e. The average molecular weight is 365 g/mol. The van der Waals surface area contributed by atoms with Crippen molar-refractivity contribution in [1.82, 2.24) is 5.32 Å². The Balaban J connectivity index is 2.65. The van der Waals surface area contributed by atoms with E-state index in [0.717, 1.165) is 34.1 Å². The second-order valence-corrected chi connectivity index (χ2v) is 6.73. The summed E-state index contributed by atoms with van der Waals surface area (Å²) in [4.78, 5) is 1.36. The number of nitrogens with one attached hydrogen (secondary N) is 1. The number of hydrogen-bond acceptors (Lipinski definition) is 2. The van der Waals surface area contributed by atoms with Gasteiger partial charge in [0.15, 0.2) is 0 Å². The topological polar surface area (TPSA) is 12.0 Å². The molecule has 1 atom stereocenters. The lowest BCUT2D eigenvalue weighted by Gasteiger charge is -2.15.